The first-order valence-corrected chi connectivity index (χ1v) is 6.15. The van der Waals surface area contributed by atoms with Crippen molar-refractivity contribution >= 4 is 17.4 Å². The lowest BCUT2D eigenvalue weighted by Crippen LogP contribution is -3.00. The molecule has 4 heteroatoms. The van der Waals surface area contributed by atoms with Crippen LogP contribution in [-0.2, 0) is 0 Å². The highest BCUT2D eigenvalue weighted by Crippen LogP contribution is 2.17. The van der Waals surface area contributed by atoms with E-state index >= 15 is 0 Å². The molecule has 1 saturated heterocycles. The van der Waals surface area contributed by atoms with Gasteiger partial charge in [0.1, 0.15) is 0 Å². The number of carbonyl (C=O) groups excluding carboxylic acids is 1. The van der Waals surface area contributed by atoms with Crippen molar-refractivity contribution in [3.63, 3.8) is 0 Å². The topological polar surface area (TPSA) is 20.3 Å². The first-order chi connectivity index (χ1) is 7.77. The summed E-state index contributed by atoms with van der Waals surface area (Å²) >= 11 is 6.00. The third kappa shape index (κ3) is 4.09. The van der Waals surface area contributed by atoms with Crippen LogP contribution in [0.2, 0.25) is 5.02 Å². The lowest BCUT2D eigenvalue weighted by atomic mass is 10.1. The third-order valence-electron chi connectivity index (χ3n) is 2.99. The summed E-state index contributed by atoms with van der Waals surface area (Å²) in [5.41, 5.74) is 0.648. The van der Waals surface area contributed by atoms with Crippen LogP contribution in [0.3, 0.4) is 0 Å². The van der Waals surface area contributed by atoms with Crippen LogP contribution < -0.4 is 17.0 Å². The Kier molecular flexibility index (Phi) is 6.17. The highest BCUT2D eigenvalue weighted by Gasteiger charge is 2.16. The molecule has 2 nitrogen and oxygen atoms in total. The standard InChI is InChI=1S/C13H16ClNO.BrH/c14-12-7-3-2-6-11(12)13(16)10-15-8-4-1-5-9-15;/h2-3,6-7H,1,4-5,8-10H2;1H/p-1. The van der Waals surface area contributed by atoms with Gasteiger partial charge in [0.15, 0.2) is 5.78 Å². The van der Waals surface area contributed by atoms with Gasteiger partial charge < -0.3 is 17.0 Å². The van der Waals surface area contributed by atoms with Crippen LogP contribution in [0.4, 0.5) is 0 Å². The summed E-state index contributed by atoms with van der Waals surface area (Å²) in [5, 5.41) is 0.560. The van der Waals surface area contributed by atoms with E-state index in [0.29, 0.717) is 17.1 Å². The number of ketones is 1. The maximum Gasteiger partial charge on any atom is 0.178 e. The van der Waals surface area contributed by atoms with Crippen LogP contribution in [0.5, 0.6) is 0 Å². The fourth-order valence-electron chi connectivity index (χ4n) is 2.09. The van der Waals surface area contributed by atoms with E-state index in [2.05, 4.69) is 4.90 Å². The number of Topliss-reactive ketones (excluding diaryl/α,β-unsaturated/α-hetero) is 1. The number of rotatable bonds is 3. The molecule has 1 aliphatic heterocycles. The van der Waals surface area contributed by atoms with E-state index in [1.165, 1.54) is 19.3 Å². The first kappa shape index (κ1) is 14.7. The summed E-state index contributed by atoms with van der Waals surface area (Å²) in [6, 6.07) is 7.27. The number of benzene rings is 1. The molecule has 1 aromatic carbocycles. The van der Waals surface area contributed by atoms with Gasteiger partial charge in [-0.15, -0.1) is 0 Å². The van der Waals surface area contributed by atoms with Crippen LogP contribution >= 0.6 is 11.6 Å². The van der Waals surface area contributed by atoms with Crippen molar-refractivity contribution in [1.82, 2.24) is 4.90 Å². The highest BCUT2D eigenvalue weighted by atomic mass is 79.9. The minimum absolute atomic E-state index is 0. The molecule has 0 bridgehead atoms. The van der Waals surface area contributed by atoms with Gasteiger partial charge in [0.05, 0.1) is 11.6 Å². The predicted octanol–water partition coefficient (Wildman–Crippen LogP) is 0.0126. The van der Waals surface area contributed by atoms with Crippen LogP contribution in [0.25, 0.3) is 0 Å². The number of piperidine rings is 1. The molecule has 0 N–H and O–H groups in total. The average molecular weight is 318 g/mol. The Balaban J connectivity index is 0.00000144. The Hall–Kier alpha value is -0.380. The smallest absolute Gasteiger partial charge is 0.178 e. The zero-order valence-corrected chi connectivity index (χ0v) is 12.0. The van der Waals surface area contributed by atoms with Crippen LogP contribution in [0, 0.1) is 0 Å². The molecular formula is C13H16BrClNO-. The summed E-state index contributed by atoms with van der Waals surface area (Å²) < 4.78 is 0. The molecule has 0 radical (unpaired) electrons. The molecule has 94 valence electrons. The number of likely N-dealkylation sites (tertiary alicyclic amines) is 1. The number of halogens is 2. The molecule has 0 atom stereocenters. The van der Waals surface area contributed by atoms with E-state index < -0.39 is 0 Å². The Bertz CT molecular complexity index is 377. The van der Waals surface area contributed by atoms with Crippen LogP contribution in [0.15, 0.2) is 24.3 Å². The Labute approximate surface area is 118 Å². The molecule has 0 aliphatic carbocycles. The van der Waals surface area contributed by atoms with Gasteiger partial charge in [0.2, 0.25) is 0 Å². The summed E-state index contributed by atoms with van der Waals surface area (Å²) in [7, 11) is 0. The molecular weight excluding hydrogens is 302 g/mol. The Morgan fingerprint density at radius 2 is 1.82 bits per heavy atom. The second kappa shape index (κ2) is 7.14. The number of carbonyl (C=O) groups is 1. The molecule has 0 amide bonds. The number of hydrogen-bond acceptors (Lipinski definition) is 2. The minimum Gasteiger partial charge on any atom is -1.00 e. The molecule has 0 spiro atoms. The lowest BCUT2D eigenvalue weighted by Gasteiger charge is -2.25. The summed E-state index contributed by atoms with van der Waals surface area (Å²) in [4.78, 5) is 14.2. The zero-order chi connectivity index (χ0) is 11.4. The van der Waals surface area contributed by atoms with E-state index in [0.717, 1.165) is 13.1 Å². The van der Waals surface area contributed by atoms with Crippen molar-refractivity contribution in [3.05, 3.63) is 34.9 Å². The average Bonchev–Trinajstić information content (AvgIpc) is 2.31. The first-order valence-electron chi connectivity index (χ1n) is 5.77. The van der Waals surface area contributed by atoms with E-state index in [1.807, 2.05) is 12.1 Å². The van der Waals surface area contributed by atoms with E-state index in [1.54, 1.807) is 12.1 Å². The van der Waals surface area contributed by atoms with Crippen molar-refractivity contribution in [2.24, 2.45) is 0 Å². The maximum atomic E-state index is 12.0. The quantitative estimate of drug-likeness (QED) is 0.732. The second-order valence-corrected chi connectivity index (χ2v) is 4.65. The molecule has 1 fully saturated rings. The van der Waals surface area contributed by atoms with Gasteiger partial charge in [0.25, 0.3) is 0 Å². The predicted molar refractivity (Wildman–Crippen MR) is 66.1 cm³/mol. The molecule has 2 rings (SSSR count). The zero-order valence-electron chi connectivity index (χ0n) is 9.66. The summed E-state index contributed by atoms with van der Waals surface area (Å²) in [5.74, 6) is 0.132. The van der Waals surface area contributed by atoms with Crippen molar-refractivity contribution in [2.75, 3.05) is 19.6 Å². The summed E-state index contributed by atoms with van der Waals surface area (Å²) in [6.07, 6.45) is 3.70. The van der Waals surface area contributed by atoms with Gasteiger partial charge >= 0.3 is 0 Å². The highest BCUT2D eigenvalue weighted by molar-refractivity contribution is 6.34. The van der Waals surface area contributed by atoms with Gasteiger partial charge in [0, 0.05) is 5.56 Å². The lowest BCUT2D eigenvalue weighted by molar-refractivity contribution is -0.0000114. The third-order valence-corrected chi connectivity index (χ3v) is 3.32. The Morgan fingerprint density at radius 3 is 2.47 bits per heavy atom. The van der Waals surface area contributed by atoms with Crippen molar-refractivity contribution in [2.45, 2.75) is 19.3 Å². The minimum atomic E-state index is 0. The second-order valence-electron chi connectivity index (χ2n) is 4.24. The molecule has 0 aromatic heterocycles. The van der Waals surface area contributed by atoms with Gasteiger partial charge in [-0.3, -0.25) is 9.69 Å². The molecule has 17 heavy (non-hydrogen) atoms. The largest absolute Gasteiger partial charge is 1.00 e. The normalized spacial score (nSPS) is 16.3. The van der Waals surface area contributed by atoms with E-state index in [-0.39, 0.29) is 22.8 Å². The molecule has 0 unspecified atom stereocenters. The number of nitrogens with zero attached hydrogens (tertiary/aromatic N) is 1. The molecule has 1 heterocycles. The SMILES string of the molecule is O=C(CN1CCCCC1)c1ccccc1Cl.[Br-]. The van der Waals surface area contributed by atoms with Crippen molar-refractivity contribution < 1.29 is 21.8 Å². The maximum absolute atomic E-state index is 12.0. The van der Waals surface area contributed by atoms with Gasteiger partial charge in [-0.25, -0.2) is 0 Å². The van der Waals surface area contributed by atoms with Gasteiger partial charge in [-0.05, 0) is 38.1 Å². The van der Waals surface area contributed by atoms with Crippen LogP contribution in [-0.4, -0.2) is 30.3 Å². The van der Waals surface area contributed by atoms with Gasteiger partial charge in [-0.2, -0.15) is 0 Å². The molecule has 1 aromatic rings. The Morgan fingerprint density at radius 1 is 1.18 bits per heavy atom. The summed E-state index contributed by atoms with van der Waals surface area (Å²) in [6.45, 7) is 2.58. The molecule has 0 saturated carbocycles. The molecule has 1 aliphatic rings. The van der Waals surface area contributed by atoms with E-state index in [4.69, 9.17) is 11.6 Å². The van der Waals surface area contributed by atoms with E-state index in [9.17, 15) is 4.79 Å². The number of hydrogen-bond donors (Lipinski definition) is 0. The fourth-order valence-corrected chi connectivity index (χ4v) is 2.33. The van der Waals surface area contributed by atoms with Gasteiger partial charge in [-0.1, -0.05) is 30.2 Å². The monoisotopic (exact) mass is 316 g/mol. The van der Waals surface area contributed by atoms with Crippen molar-refractivity contribution in [3.8, 4) is 0 Å². The van der Waals surface area contributed by atoms with Crippen molar-refractivity contribution in [1.29, 1.82) is 0 Å². The fraction of sp³-hybridized carbons (Fsp3) is 0.462. The van der Waals surface area contributed by atoms with Crippen LogP contribution in [0.1, 0.15) is 29.6 Å².